The molecular weight excluding hydrogens is 482 g/mol. The maximum atomic E-state index is 10.9. The van der Waals surface area contributed by atoms with E-state index in [2.05, 4.69) is 69.3 Å². The highest BCUT2D eigenvalue weighted by molar-refractivity contribution is 5.84. The molecule has 0 amide bonds. The fourth-order valence-electron chi connectivity index (χ4n) is 5.69. The van der Waals surface area contributed by atoms with Crippen LogP contribution in [-0.2, 0) is 0 Å². The van der Waals surface area contributed by atoms with Gasteiger partial charge < -0.3 is 24.5 Å². The summed E-state index contributed by atoms with van der Waals surface area (Å²) in [6, 6.07) is 9.10. The van der Waals surface area contributed by atoms with Gasteiger partial charge in [-0.05, 0) is 61.3 Å². The van der Waals surface area contributed by atoms with Crippen LogP contribution < -0.4 is 9.64 Å². The highest BCUT2D eigenvalue weighted by Crippen LogP contribution is 2.34. The molecule has 38 heavy (non-hydrogen) atoms. The molecule has 1 aromatic carbocycles. The number of rotatable bonds is 8. The van der Waals surface area contributed by atoms with Gasteiger partial charge in [-0.15, -0.1) is 0 Å². The third-order valence-electron chi connectivity index (χ3n) is 8.31. The van der Waals surface area contributed by atoms with Crippen LogP contribution >= 0.6 is 0 Å². The van der Waals surface area contributed by atoms with Crippen molar-refractivity contribution in [2.75, 3.05) is 37.7 Å². The molecule has 0 radical (unpaired) electrons. The summed E-state index contributed by atoms with van der Waals surface area (Å²) in [6.45, 7) is 8.19. The quantitative estimate of drug-likeness (QED) is 0.371. The number of aliphatic hydroxyl groups is 1. The van der Waals surface area contributed by atoms with Crippen LogP contribution in [0, 0.1) is 11.8 Å². The molecule has 3 heterocycles. The van der Waals surface area contributed by atoms with Crippen molar-refractivity contribution in [1.29, 1.82) is 0 Å². The van der Waals surface area contributed by atoms with Crippen molar-refractivity contribution in [3.8, 4) is 5.75 Å². The number of nitrogens with zero attached hydrogens (tertiary/aromatic N) is 5. The topological polar surface area (TPSA) is 107 Å². The lowest BCUT2D eigenvalue weighted by Gasteiger charge is -2.37. The lowest BCUT2D eigenvalue weighted by molar-refractivity contribution is -0.0429. The van der Waals surface area contributed by atoms with Crippen molar-refractivity contribution in [1.82, 2.24) is 15.0 Å². The molecule has 2 saturated heterocycles. The fourth-order valence-corrected chi connectivity index (χ4v) is 5.69. The Balaban J connectivity index is 1.05. The van der Waals surface area contributed by atoms with Crippen LogP contribution in [0.2, 0.25) is 0 Å². The van der Waals surface area contributed by atoms with E-state index >= 15 is 0 Å². The number of allylic oxidation sites excluding steroid dienone is 2. The second-order valence-corrected chi connectivity index (χ2v) is 11.2. The second-order valence-electron chi connectivity index (χ2n) is 11.2. The van der Waals surface area contributed by atoms with Gasteiger partial charge in [-0.1, -0.05) is 42.4 Å². The van der Waals surface area contributed by atoms with Crippen molar-refractivity contribution >= 4 is 17.3 Å². The van der Waals surface area contributed by atoms with Crippen molar-refractivity contribution in [2.24, 2.45) is 17.0 Å². The summed E-state index contributed by atoms with van der Waals surface area (Å²) >= 11 is 0. The first-order valence-corrected chi connectivity index (χ1v) is 14.1. The zero-order valence-corrected chi connectivity index (χ0v) is 22.6. The molecular formula is C29H41N5O4. The molecule has 1 aromatic heterocycles. The van der Waals surface area contributed by atoms with Crippen molar-refractivity contribution < 1.29 is 19.6 Å². The van der Waals surface area contributed by atoms with Crippen molar-refractivity contribution in [3.63, 3.8) is 0 Å². The smallest absolute Gasteiger partial charge is 0.324 e. The van der Waals surface area contributed by atoms with E-state index < -0.39 is 6.23 Å². The molecule has 9 heteroatoms. The number of hydrogen-bond acceptors (Lipinski definition) is 9. The number of piperidine rings is 2. The molecule has 2 N–H and O–H groups in total. The molecule has 1 aliphatic carbocycles. The zero-order chi connectivity index (χ0) is 26.5. The Hall–Kier alpha value is -2.91. The lowest BCUT2D eigenvalue weighted by atomic mass is 9.85. The van der Waals surface area contributed by atoms with Gasteiger partial charge in [-0.2, -0.15) is 4.98 Å². The Morgan fingerprint density at radius 1 is 1.05 bits per heavy atom. The van der Waals surface area contributed by atoms with Crippen molar-refractivity contribution in [2.45, 2.75) is 70.9 Å². The highest BCUT2D eigenvalue weighted by atomic mass is 16.5. The Bertz CT molecular complexity index is 1090. The van der Waals surface area contributed by atoms with Crippen molar-refractivity contribution in [3.05, 3.63) is 41.7 Å². The minimum absolute atomic E-state index is 0.248. The molecule has 2 aliphatic heterocycles. The first-order chi connectivity index (χ1) is 18.5. The SMILES string of the molecule is CC(C)c1noc(N2CCC(COc3ccc(C4=CCC(C(O)N5CCC(=NO)CC5)CC4)cc3)CC2)n1. The number of aliphatic hydroxyl groups excluding tert-OH is 1. The van der Waals surface area contributed by atoms with Gasteiger partial charge in [0.05, 0.1) is 12.3 Å². The molecule has 2 aromatic rings. The van der Waals surface area contributed by atoms with Gasteiger partial charge in [0.25, 0.3) is 0 Å². The number of ether oxygens (including phenoxy) is 1. The predicted octanol–water partition coefficient (Wildman–Crippen LogP) is 4.92. The summed E-state index contributed by atoms with van der Waals surface area (Å²) in [6.07, 6.45) is 8.24. The Morgan fingerprint density at radius 3 is 2.39 bits per heavy atom. The molecule has 5 rings (SSSR count). The number of hydrogen-bond donors (Lipinski definition) is 2. The molecule has 0 spiro atoms. The van der Waals surface area contributed by atoms with Crippen LogP contribution in [0.1, 0.15) is 76.1 Å². The molecule has 9 nitrogen and oxygen atoms in total. The van der Waals surface area contributed by atoms with E-state index in [-0.39, 0.29) is 11.8 Å². The minimum Gasteiger partial charge on any atom is -0.493 e. The van der Waals surface area contributed by atoms with E-state index in [1.54, 1.807) is 0 Å². The van der Waals surface area contributed by atoms with Gasteiger partial charge in [-0.3, -0.25) is 4.90 Å². The van der Waals surface area contributed by atoms with Crippen LogP contribution in [0.15, 0.2) is 40.0 Å². The first kappa shape index (κ1) is 26.7. The van der Waals surface area contributed by atoms with Gasteiger partial charge >= 0.3 is 6.01 Å². The van der Waals surface area contributed by atoms with Crippen LogP contribution in [-0.4, -0.2) is 70.1 Å². The van der Waals surface area contributed by atoms with E-state index in [0.717, 1.165) is 95.0 Å². The third-order valence-corrected chi connectivity index (χ3v) is 8.31. The molecule has 0 saturated carbocycles. The normalized spacial score (nSPS) is 22.4. The van der Waals surface area contributed by atoms with Gasteiger partial charge in [0.2, 0.25) is 0 Å². The number of oxime groups is 1. The maximum Gasteiger partial charge on any atom is 0.324 e. The van der Waals surface area contributed by atoms with E-state index in [0.29, 0.717) is 11.9 Å². The average molecular weight is 524 g/mol. The van der Waals surface area contributed by atoms with E-state index in [4.69, 9.17) is 14.5 Å². The van der Waals surface area contributed by atoms with Gasteiger partial charge in [0, 0.05) is 50.9 Å². The largest absolute Gasteiger partial charge is 0.493 e. The van der Waals surface area contributed by atoms with E-state index in [9.17, 15) is 5.11 Å². The first-order valence-electron chi connectivity index (χ1n) is 14.1. The predicted molar refractivity (Wildman–Crippen MR) is 147 cm³/mol. The second kappa shape index (κ2) is 12.3. The van der Waals surface area contributed by atoms with Crippen LogP contribution in [0.25, 0.3) is 5.57 Å². The Kier molecular flexibility index (Phi) is 8.64. The molecule has 2 fully saturated rings. The summed E-state index contributed by atoms with van der Waals surface area (Å²) < 4.78 is 11.6. The number of anilines is 1. The van der Waals surface area contributed by atoms with E-state index in [1.807, 2.05) is 0 Å². The average Bonchev–Trinajstić information content (AvgIpc) is 3.47. The molecule has 2 atom stereocenters. The Morgan fingerprint density at radius 2 is 1.79 bits per heavy atom. The van der Waals surface area contributed by atoms with Gasteiger partial charge in [0.1, 0.15) is 12.0 Å². The summed E-state index contributed by atoms with van der Waals surface area (Å²) in [7, 11) is 0. The monoisotopic (exact) mass is 523 g/mol. The Labute approximate surface area is 225 Å². The number of likely N-dealkylation sites (tertiary alicyclic amines) is 1. The molecule has 0 bridgehead atoms. The summed E-state index contributed by atoms with van der Waals surface area (Å²) in [5.74, 6) is 2.71. The molecule has 3 aliphatic rings. The standard InChI is InChI=1S/C29H41N5O4/c1-20(2)27-30-29(38-32-27)34-15-11-21(12-16-34)19-37-26-9-7-23(8-10-26)22-3-5-24(6-4-22)28(35)33-17-13-25(31-36)14-18-33/h3,7-10,20-21,24,28,35-36H,4-6,11-19H2,1-2H3. The van der Waals surface area contributed by atoms with E-state index in [1.165, 1.54) is 11.1 Å². The maximum absolute atomic E-state index is 10.9. The third kappa shape index (κ3) is 6.38. The number of benzene rings is 1. The molecule has 206 valence electrons. The van der Waals surface area contributed by atoms with Gasteiger partial charge in [0.15, 0.2) is 5.82 Å². The minimum atomic E-state index is -0.430. The van der Waals surface area contributed by atoms with Crippen LogP contribution in [0.4, 0.5) is 6.01 Å². The summed E-state index contributed by atoms with van der Waals surface area (Å²) in [4.78, 5) is 8.83. The summed E-state index contributed by atoms with van der Waals surface area (Å²) in [5.41, 5.74) is 3.42. The summed E-state index contributed by atoms with van der Waals surface area (Å²) in [5, 5.41) is 27.2. The highest BCUT2D eigenvalue weighted by Gasteiger charge is 2.29. The lowest BCUT2D eigenvalue weighted by Crippen LogP contribution is -2.45. The van der Waals surface area contributed by atoms with Gasteiger partial charge in [-0.25, -0.2) is 0 Å². The fraction of sp³-hybridized carbons (Fsp3) is 0.621. The van der Waals surface area contributed by atoms with Crippen LogP contribution in [0.3, 0.4) is 0 Å². The van der Waals surface area contributed by atoms with Crippen LogP contribution in [0.5, 0.6) is 5.75 Å². The number of aromatic nitrogens is 2. The zero-order valence-electron chi connectivity index (χ0n) is 22.6. The molecule has 2 unspecified atom stereocenters.